The van der Waals surface area contributed by atoms with Crippen molar-refractivity contribution < 1.29 is 4.79 Å². The van der Waals surface area contributed by atoms with Gasteiger partial charge >= 0.3 is 0 Å². The van der Waals surface area contributed by atoms with Crippen LogP contribution in [0.25, 0.3) is 0 Å². The third kappa shape index (κ3) is 1.29. The third-order valence-electron chi connectivity index (χ3n) is 2.05. The van der Waals surface area contributed by atoms with Gasteiger partial charge in [-0.05, 0) is 6.42 Å². The van der Waals surface area contributed by atoms with Crippen LogP contribution in [-0.4, -0.2) is 29.6 Å². The zero-order chi connectivity index (χ0) is 7.72. The van der Waals surface area contributed by atoms with E-state index in [0.717, 1.165) is 13.0 Å². The fourth-order valence-corrected chi connectivity index (χ4v) is 1.57. The minimum Gasteiger partial charge on any atom is -0.345 e. The van der Waals surface area contributed by atoms with Gasteiger partial charge in [-0.1, -0.05) is 6.92 Å². The highest BCUT2D eigenvalue weighted by molar-refractivity contribution is 7.81. The summed E-state index contributed by atoms with van der Waals surface area (Å²) in [4.78, 5) is 13.0. The molecule has 2 nitrogen and oxygen atoms in total. The molecular formula is C7H13NOS. The summed E-state index contributed by atoms with van der Waals surface area (Å²) < 4.78 is 0. The molecule has 1 rings (SSSR count). The molecule has 1 aliphatic rings. The molecular weight excluding hydrogens is 146 g/mol. The molecule has 1 amide bonds. The predicted octanol–water partition coefficient (Wildman–Crippen LogP) is 0.783. The molecule has 0 aromatic carbocycles. The van der Waals surface area contributed by atoms with Gasteiger partial charge in [-0.3, -0.25) is 4.79 Å². The van der Waals surface area contributed by atoms with Gasteiger partial charge in [0.1, 0.15) is 0 Å². The van der Waals surface area contributed by atoms with Crippen LogP contribution in [0.2, 0.25) is 0 Å². The molecule has 2 unspecified atom stereocenters. The van der Waals surface area contributed by atoms with Gasteiger partial charge < -0.3 is 4.90 Å². The zero-order valence-electron chi connectivity index (χ0n) is 6.37. The van der Waals surface area contributed by atoms with Crippen LogP contribution in [0, 0.1) is 5.92 Å². The first-order chi connectivity index (χ1) is 4.63. The lowest BCUT2D eigenvalue weighted by Gasteiger charge is -2.11. The van der Waals surface area contributed by atoms with Crippen LogP contribution >= 0.6 is 12.6 Å². The second-order valence-electron chi connectivity index (χ2n) is 2.90. The monoisotopic (exact) mass is 159 g/mol. The minimum absolute atomic E-state index is 0.160. The van der Waals surface area contributed by atoms with Crippen molar-refractivity contribution in [2.75, 3.05) is 13.6 Å². The number of rotatable bonds is 1. The average Bonchev–Trinajstić information content (AvgIpc) is 2.14. The van der Waals surface area contributed by atoms with E-state index >= 15 is 0 Å². The van der Waals surface area contributed by atoms with E-state index in [4.69, 9.17) is 0 Å². The molecule has 3 heteroatoms. The number of hydrogen-bond acceptors (Lipinski definition) is 2. The summed E-state index contributed by atoms with van der Waals surface area (Å²) in [5.41, 5.74) is 0. The molecule has 0 aliphatic carbocycles. The molecule has 10 heavy (non-hydrogen) atoms. The van der Waals surface area contributed by atoms with E-state index in [1.165, 1.54) is 0 Å². The topological polar surface area (TPSA) is 20.3 Å². The van der Waals surface area contributed by atoms with Crippen LogP contribution in [0.1, 0.15) is 13.3 Å². The van der Waals surface area contributed by atoms with Gasteiger partial charge in [0, 0.05) is 18.8 Å². The third-order valence-corrected chi connectivity index (χ3v) is 2.41. The lowest BCUT2D eigenvalue weighted by molar-refractivity contribution is -0.129. The quantitative estimate of drug-likeness (QED) is 0.561. The summed E-state index contributed by atoms with van der Waals surface area (Å²) in [6.07, 6.45) is 0.972. The van der Waals surface area contributed by atoms with E-state index in [1.807, 2.05) is 14.0 Å². The van der Waals surface area contributed by atoms with Crippen molar-refractivity contribution >= 4 is 18.5 Å². The van der Waals surface area contributed by atoms with Gasteiger partial charge in [0.25, 0.3) is 0 Å². The first-order valence-electron chi connectivity index (χ1n) is 3.56. The SMILES string of the molecule is CC(S)C1CCN(C)C1=O. The smallest absolute Gasteiger partial charge is 0.226 e. The predicted molar refractivity (Wildman–Crippen MR) is 44.2 cm³/mol. The Kier molecular flexibility index (Phi) is 2.24. The van der Waals surface area contributed by atoms with Crippen molar-refractivity contribution in [2.24, 2.45) is 5.92 Å². The fraction of sp³-hybridized carbons (Fsp3) is 0.857. The first-order valence-corrected chi connectivity index (χ1v) is 4.07. The van der Waals surface area contributed by atoms with Gasteiger partial charge in [0.15, 0.2) is 0 Å². The summed E-state index contributed by atoms with van der Waals surface area (Å²) in [5.74, 6) is 0.413. The number of likely N-dealkylation sites (tertiary alicyclic amines) is 1. The van der Waals surface area contributed by atoms with E-state index in [9.17, 15) is 4.79 Å². The van der Waals surface area contributed by atoms with Crippen LogP contribution in [0.5, 0.6) is 0 Å². The van der Waals surface area contributed by atoms with E-state index in [-0.39, 0.29) is 17.1 Å². The van der Waals surface area contributed by atoms with Crippen LogP contribution in [0.3, 0.4) is 0 Å². The van der Waals surface area contributed by atoms with Gasteiger partial charge in [0.05, 0.1) is 5.92 Å². The summed E-state index contributed by atoms with van der Waals surface area (Å²) in [6, 6.07) is 0. The lowest BCUT2D eigenvalue weighted by atomic mass is 10.1. The Morgan fingerprint density at radius 2 is 2.40 bits per heavy atom. The van der Waals surface area contributed by atoms with Crippen molar-refractivity contribution in [3.05, 3.63) is 0 Å². The van der Waals surface area contributed by atoms with Crippen molar-refractivity contribution in [3.8, 4) is 0 Å². The zero-order valence-corrected chi connectivity index (χ0v) is 7.27. The fourth-order valence-electron chi connectivity index (χ4n) is 1.30. The maximum Gasteiger partial charge on any atom is 0.226 e. The highest BCUT2D eigenvalue weighted by atomic mass is 32.1. The van der Waals surface area contributed by atoms with Crippen LogP contribution in [0.15, 0.2) is 0 Å². The van der Waals surface area contributed by atoms with Crippen molar-refractivity contribution in [1.29, 1.82) is 0 Å². The normalized spacial score (nSPS) is 29.3. The Bertz CT molecular complexity index is 147. The molecule has 2 atom stereocenters. The molecule has 1 saturated heterocycles. The van der Waals surface area contributed by atoms with E-state index in [1.54, 1.807) is 4.90 Å². The molecule has 0 aromatic rings. The van der Waals surface area contributed by atoms with E-state index in [0.29, 0.717) is 0 Å². The summed E-state index contributed by atoms with van der Waals surface area (Å²) in [5, 5.41) is 0.206. The number of amides is 1. The Labute approximate surface area is 67.0 Å². The molecule has 0 saturated carbocycles. The Morgan fingerprint density at radius 1 is 1.80 bits per heavy atom. The first kappa shape index (κ1) is 7.92. The molecule has 0 spiro atoms. The van der Waals surface area contributed by atoms with Gasteiger partial charge in [-0.15, -0.1) is 0 Å². The Hall–Kier alpha value is -0.180. The molecule has 58 valence electrons. The molecule has 0 bridgehead atoms. The maximum absolute atomic E-state index is 11.2. The lowest BCUT2D eigenvalue weighted by Crippen LogP contribution is -2.26. The van der Waals surface area contributed by atoms with Crippen LogP contribution in [-0.2, 0) is 4.79 Å². The number of nitrogens with zero attached hydrogens (tertiary/aromatic N) is 1. The second kappa shape index (κ2) is 2.82. The van der Waals surface area contributed by atoms with Crippen LogP contribution in [0.4, 0.5) is 0 Å². The largest absolute Gasteiger partial charge is 0.345 e. The maximum atomic E-state index is 11.2. The Morgan fingerprint density at radius 3 is 2.60 bits per heavy atom. The molecule has 1 fully saturated rings. The van der Waals surface area contributed by atoms with E-state index < -0.39 is 0 Å². The Balaban J connectivity index is 2.57. The van der Waals surface area contributed by atoms with Gasteiger partial charge in [0.2, 0.25) is 5.91 Å². The summed E-state index contributed by atoms with van der Waals surface area (Å²) in [7, 11) is 1.85. The number of thiol groups is 1. The molecule has 0 aromatic heterocycles. The van der Waals surface area contributed by atoms with Gasteiger partial charge in [-0.25, -0.2) is 0 Å². The summed E-state index contributed by atoms with van der Waals surface area (Å²) >= 11 is 4.25. The van der Waals surface area contributed by atoms with Crippen molar-refractivity contribution in [1.82, 2.24) is 4.90 Å². The molecule has 1 heterocycles. The standard InChI is InChI=1S/C7H13NOS/c1-5(10)6-3-4-8(2)7(6)9/h5-6,10H,3-4H2,1-2H3. The minimum atomic E-state index is 0.160. The molecule has 1 aliphatic heterocycles. The summed E-state index contributed by atoms with van der Waals surface area (Å²) in [6.45, 7) is 2.87. The number of carbonyl (C=O) groups excluding carboxylic acids is 1. The average molecular weight is 159 g/mol. The van der Waals surface area contributed by atoms with E-state index in [2.05, 4.69) is 12.6 Å². The highest BCUT2D eigenvalue weighted by Crippen LogP contribution is 2.22. The number of carbonyl (C=O) groups is 1. The highest BCUT2D eigenvalue weighted by Gasteiger charge is 2.31. The second-order valence-corrected chi connectivity index (χ2v) is 3.71. The van der Waals surface area contributed by atoms with Crippen LogP contribution < -0.4 is 0 Å². The van der Waals surface area contributed by atoms with Gasteiger partial charge in [-0.2, -0.15) is 12.6 Å². The molecule has 0 N–H and O–H groups in total. The molecule has 0 radical (unpaired) electrons. The van der Waals surface area contributed by atoms with Crippen molar-refractivity contribution in [3.63, 3.8) is 0 Å². The van der Waals surface area contributed by atoms with Crippen molar-refractivity contribution in [2.45, 2.75) is 18.6 Å². The number of hydrogen-bond donors (Lipinski definition) is 1.